The standard InChI is InChI=1S/C14H18N2S2/c1-16-7-6-11(10-16)15-14(12-4-2-8-17-12)13-5-3-9-18-13/h2-5,8-9,11,14-15H,6-7,10H2,1H3. The van der Waals surface area contributed by atoms with Gasteiger partial charge in [-0.3, -0.25) is 0 Å². The van der Waals surface area contributed by atoms with E-state index in [9.17, 15) is 0 Å². The summed E-state index contributed by atoms with van der Waals surface area (Å²) in [7, 11) is 2.20. The van der Waals surface area contributed by atoms with Gasteiger partial charge in [0.2, 0.25) is 0 Å². The number of likely N-dealkylation sites (N-methyl/N-ethyl adjacent to an activating group) is 1. The number of nitrogens with zero attached hydrogens (tertiary/aromatic N) is 1. The van der Waals surface area contributed by atoms with Crippen LogP contribution in [0, 0.1) is 0 Å². The van der Waals surface area contributed by atoms with Gasteiger partial charge >= 0.3 is 0 Å². The van der Waals surface area contributed by atoms with Crippen LogP contribution in [0.3, 0.4) is 0 Å². The van der Waals surface area contributed by atoms with Gasteiger partial charge in [-0.15, -0.1) is 22.7 Å². The molecular weight excluding hydrogens is 260 g/mol. The van der Waals surface area contributed by atoms with Crippen molar-refractivity contribution in [2.75, 3.05) is 20.1 Å². The molecule has 2 nitrogen and oxygen atoms in total. The Morgan fingerprint density at radius 3 is 2.33 bits per heavy atom. The average molecular weight is 278 g/mol. The Hall–Kier alpha value is -0.680. The molecule has 0 spiro atoms. The van der Waals surface area contributed by atoms with Crippen LogP contribution in [0.1, 0.15) is 22.2 Å². The predicted molar refractivity (Wildman–Crippen MR) is 79.5 cm³/mol. The minimum absolute atomic E-state index is 0.376. The number of rotatable bonds is 4. The Morgan fingerprint density at radius 1 is 1.22 bits per heavy atom. The molecule has 1 unspecified atom stereocenters. The van der Waals surface area contributed by atoms with Gasteiger partial charge in [0.1, 0.15) is 0 Å². The van der Waals surface area contributed by atoms with E-state index in [4.69, 9.17) is 0 Å². The Bertz CT molecular complexity index is 430. The van der Waals surface area contributed by atoms with E-state index in [1.165, 1.54) is 22.7 Å². The van der Waals surface area contributed by atoms with Gasteiger partial charge in [-0.05, 0) is 42.9 Å². The fourth-order valence-corrected chi connectivity index (χ4v) is 4.20. The average Bonchev–Trinajstić information content (AvgIpc) is 3.09. The third-order valence-electron chi connectivity index (χ3n) is 3.45. The van der Waals surface area contributed by atoms with Crippen LogP contribution < -0.4 is 5.32 Å². The molecule has 1 aliphatic heterocycles. The Balaban J connectivity index is 1.78. The molecule has 18 heavy (non-hydrogen) atoms. The minimum Gasteiger partial charge on any atom is -0.305 e. The lowest BCUT2D eigenvalue weighted by Crippen LogP contribution is -2.34. The predicted octanol–water partition coefficient (Wildman–Crippen LogP) is 3.19. The van der Waals surface area contributed by atoms with Gasteiger partial charge in [-0.2, -0.15) is 0 Å². The van der Waals surface area contributed by atoms with Crippen LogP contribution in [-0.2, 0) is 0 Å². The first-order valence-corrected chi connectivity index (χ1v) is 8.10. The van der Waals surface area contributed by atoms with Crippen LogP contribution in [0.25, 0.3) is 0 Å². The zero-order chi connectivity index (χ0) is 12.4. The van der Waals surface area contributed by atoms with Gasteiger partial charge in [-0.25, -0.2) is 0 Å². The molecule has 1 saturated heterocycles. The van der Waals surface area contributed by atoms with Crippen LogP contribution in [0.5, 0.6) is 0 Å². The molecular formula is C14H18N2S2. The monoisotopic (exact) mass is 278 g/mol. The molecule has 1 aliphatic rings. The van der Waals surface area contributed by atoms with Crippen molar-refractivity contribution in [2.24, 2.45) is 0 Å². The van der Waals surface area contributed by atoms with Gasteiger partial charge in [0.25, 0.3) is 0 Å². The van der Waals surface area contributed by atoms with Crippen molar-refractivity contribution < 1.29 is 0 Å². The van der Waals surface area contributed by atoms with Gasteiger partial charge in [0.15, 0.2) is 0 Å². The van der Waals surface area contributed by atoms with Crippen LogP contribution in [-0.4, -0.2) is 31.1 Å². The fraction of sp³-hybridized carbons (Fsp3) is 0.429. The van der Waals surface area contributed by atoms with Gasteiger partial charge in [0.05, 0.1) is 6.04 Å². The molecule has 3 heterocycles. The zero-order valence-electron chi connectivity index (χ0n) is 10.5. The van der Waals surface area contributed by atoms with Crippen LogP contribution in [0.15, 0.2) is 35.0 Å². The number of hydrogen-bond donors (Lipinski definition) is 1. The van der Waals surface area contributed by atoms with Crippen molar-refractivity contribution in [3.05, 3.63) is 44.8 Å². The largest absolute Gasteiger partial charge is 0.305 e. The second kappa shape index (κ2) is 5.53. The molecule has 3 rings (SSSR count). The highest BCUT2D eigenvalue weighted by Gasteiger charge is 2.24. The summed E-state index contributed by atoms with van der Waals surface area (Å²) in [6, 6.07) is 9.75. The summed E-state index contributed by atoms with van der Waals surface area (Å²) in [4.78, 5) is 5.25. The summed E-state index contributed by atoms with van der Waals surface area (Å²) in [5.41, 5.74) is 0. The molecule has 0 bridgehead atoms. The van der Waals surface area contributed by atoms with Crippen molar-refractivity contribution in [2.45, 2.75) is 18.5 Å². The van der Waals surface area contributed by atoms with E-state index in [0.717, 1.165) is 6.54 Å². The Kier molecular flexibility index (Phi) is 3.80. The first-order chi connectivity index (χ1) is 8.83. The maximum Gasteiger partial charge on any atom is 0.0767 e. The van der Waals surface area contributed by atoms with Gasteiger partial charge < -0.3 is 10.2 Å². The minimum atomic E-state index is 0.376. The van der Waals surface area contributed by atoms with Crippen molar-refractivity contribution in [1.82, 2.24) is 10.2 Å². The maximum absolute atomic E-state index is 3.83. The third-order valence-corrected chi connectivity index (χ3v) is 5.32. The van der Waals surface area contributed by atoms with Crippen molar-refractivity contribution in [3.8, 4) is 0 Å². The Labute approximate surface area is 116 Å². The van der Waals surface area contributed by atoms with Crippen molar-refractivity contribution in [3.63, 3.8) is 0 Å². The lowest BCUT2D eigenvalue weighted by atomic mass is 10.1. The van der Waals surface area contributed by atoms with E-state index in [2.05, 4.69) is 52.3 Å². The smallest absolute Gasteiger partial charge is 0.0767 e. The van der Waals surface area contributed by atoms with Crippen LogP contribution in [0.4, 0.5) is 0 Å². The van der Waals surface area contributed by atoms with Crippen LogP contribution in [0.2, 0.25) is 0 Å². The summed E-state index contributed by atoms with van der Waals surface area (Å²) in [5.74, 6) is 0. The molecule has 4 heteroatoms. The quantitative estimate of drug-likeness (QED) is 0.924. The summed E-state index contributed by atoms with van der Waals surface area (Å²) < 4.78 is 0. The molecule has 2 aromatic rings. The lowest BCUT2D eigenvalue weighted by Gasteiger charge is -2.21. The van der Waals surface area contributed by atoms with Crippen molar-refractivity contribution in [1.29, 1.82) is 0 Å². The van der Waals surface area contributed by atoms with Crippen LogP contribution >= 0.6 is 22.7 Å². The van der Waals surface area contributed by atoms with E-state index in [1.54, 1.807) is 0 Å². The Morgan fingerprint density at radius 2 is 1.89 bits per heavy atom. The second-order valence-electron chi connectivity index (χ2n) is 4.88. The number of thiophene rings is 2. The summed E-state index contributed by atoms with van der Waals surface area (Å²) in [6.07, 6.45) is 1.25. The molecule has 2 aromatic heterocycles. The highest BCUT2D eigenvalue weighted by Crippen LogP contribution is 2.30. The molecule has 0 amide bonds. The number of hydrogen-bond acceptors (Lipinski definition) is 4. The molecule has 0 aromatic carbocycles. The number of likely N-dealkylation sites (tertiary alicyclic amines) is 1. The topological polar surface area (TPSA) is 15.3 Å². The normalized spacial score (nSPS) is 20.9. The molecule has 1 N–H and O–H groups in total. The summed E-state index contributed by atoms with van der Waals surface area (Å²) >= 11 is 3.69. The maximum atomic E-state index is 3.83. The summed E-state index contributed by atoms with van der Waals surface area (Å²) in [5, 5.41) is 8.16. The highest BCUT2D eigenvalue weighted by molar-refractivity contribution is 7.11. The summed E-state index contributed by atoms with van der Waals surface area (Å²) in [6.45, 7) is 2.37. The molecule has 1 fully saturated rings. The van der Waals surface area contributed by atoms with Gasteiger partial charge in [0, 0.05) is 22.3 Å². The van der Waals surface area contributed by atoms with Gasteiger partial charge in [-0.1, -0.05) is 12.1 Å². The van der Waals surface area contributed by atoms with Crippen molar-refractivity contribution >= 4 is 22.7 Å². The molecule has 0 radical (unpaired) electrons. The first kappa shape index (κ1) is 12.4. The second-order valence-corrected chi connectivity index (χ2v) is 6.84. The SMILES string of the molecule is CN1CCC(NC(c2cccs2)c2cccs2)C1. The highest BCUT2D eigenvalue weighted by atomic mass is 32.1. The molecule has 0 aliphatic carbocycles. The zero-order valence-corrected chi connectivity index (χ0v) is 12.1. The molecule has 1 atom stereocenters. The van der Waals surface area contributed by atoms with E-state index in [-0.39, 0.29) is 0 Å². The van der Waals surface area contributed by atoms with E-state index in [1.807, 2.05) is 22.7 Å². The number of nitrogens with one attached hydrogen (secondary N) is 1. The lowest BCUT2D eigenvalue weighted by molar-refractivity contribution is 0.392. The fourth-order valence-electron chi connectivity index (χ4n) is 2.52. The van der Waals surface area contributed by atoms with E-state index in [0.29, 0.717) is 12.1 Å². The first-order valence-electron chi connectivity index (χ1n) is 6.34. The molecule has 0 saturated carbocycles. The van der Waals surface area contributed by atoms with E-state index >= 15 is 0 Å². The molecule has 96 valence electrons. The third kappa shape index (κ3) is 2.67. The van der Waals surface area contributed by atoms with E-state index < -0.39 is 0 Å².